The van der Waals surface area contributed by atoms with Crippen molar-refractivity contribution in [3.05, 3.63) is 33.7 Å². The van der Waals surface area contributed by atoms with Gasteiger partial charge in [0, 0.05) is 12.2 Å². The molecule has 0 unspecified atom stereocenters. The van der Waals surface area contributed by atoms with Crippen LogP contribution in [0.5, 0.6) is 0 Å². The molecular weight excluding hydrogens is 268 g/mol. The van der Waals surface area contributed by atoms with Crippen molar-refractivity contribution in [2.75, 3.05) is 13.2 Å². The number of aromatic nitrogens is 1. The molecule has 1 aromatic rings. The molecule has 0 radical (unpaired) electrons. The largest absolute Gasteiger partial charge is 0.376 e. The summed E-state index contributed by atoms with van der Waals surface area (Å²) in [6.45, 7) is 4.91. The van der Waals surface area contributed by atoms with Crippen molar-refractivity contribution in [1.29, 1.82) is 0 Å². The van der Waals surface area contributed by atoms with E-state index in [-0.39, 0.29) is 17.0 Å². The number of rotatable bonds is 5. The molecule has 5 nitrogen and oxygen atoms in total. The molecule has 1 heterocycles. The predicted octanol–water partition coefficient (Wildman–Crippen LogP) is 2.01. The van der Waals surface area contributed by atoms with E-state index in [0.29, 0.717) is 25.2 Å². The number of carbonyl (C=O) groups excluding carboxylic acids is 1. The van der Waals surface area contributed by atoms with Gasteiger partial charge in [0.25, 0.3) is 11.5 Å². The molecule has 0 saturated heterocycles. The van der Waals surface area contributed by atoms with Gasteiger partial charge in [0.1, 0.15) is 5.56 Å². The standard InChI is InChI=1S/C16H24N2O3/c1-11-5-3-4-6-14(11)21-10-9-17-15(19)13-8-7-12(2)18-16(13)20/h7-8,11,14H,3-6,9-10H2,1-2H3,(H,17,19)(H,18,20)/t11-,14-/m0/s1. The average molecular weight is 292 g/mol. The van der Waals surface area contributed by atoms with E-state index in [0.717, 1.165) is 12.1 Å². The molecule has 0 aliphatic heterocycles. The van der Waals surface area contributed by atoms with Crippen LogP contribution in [0.25, 0.3) is 0 Å². The quantitative estimate of drug-likeness (QED) is 0.816. The zero-order valence-corrected chi connectivity index (χ0v) is 12.8. The molecule has 116 valence electrons. The molecule has 21 heavy (non-hydrogen) atoms. The SMILES string of the molecule is Cc1ccc(C(=O)NCCO[C@H]2CCCC[C@@H]2C)c(=O)[nH]1. The van der Waals surface area contributed by atoms with Crippen molar-refractivity contribution in [2.24, 2.45) is 5.92 Å². The van der Waals surface area contributed by atoms with Gasteiger partial charge < -0.3 is 15.0 Å². The number of ether oxygens (including phenoxy) is 1. The molecule has 0 aromatic carbocycles. The number of hydrogen-bond donors (Lipinski definition) is 2. The summed E-state index contributed by atoms with van der Waals surface area (Å²) < 4.78 is 5.83. The van der Waals surface area contributed by atoms with Crippen LogP contribution in [0.1, 0.15) is 48.7 Å². The highest BCUT2D eigenvalue weighted by molar-refractivity contribution is 5.93. The lowest BCUT2D eigenvalue weighted by molar-refractivity contribution is -0.00294. The molecule has 1 saturated carbocycles. The first-order valence-electron chi connectivity index (χ1n) is 7.67. The van der Waals surface area contributed by atoms with Crippen LogP contribution in [0.15, 0.2) is 16.9 Å². The second-order valence-electron chi connectivity index (χ2n) is 5.81. The molecule has 1 fully saturated rings. The summed E-state index contributed by atoms with van der Waals surface area (Å²) in [6.07, 6.45) is 5.13. The summed E-state index contributed by atoms with van der Waals surface area (Å²) in [7, 11) is 0. The number of H-pyrrole nitrogens is 1. The monoisotopic (exact) mass is 292 g/mol. The Morgan fingerprint density at radius 2 is 2.14 bits per heavy atom. The highest BCUT2D eigenvalue weighted by Crippen LogP contribution is 2.25. The van der Waals surface area contributed by atoms with Gasteiger partial charge in [0.2, 0.25) is 0 Å². The Bertz CT molecular complexity index is 539. The van der Waals surface area contributed by atoms with Gasteiger partial charge >= 0.3 is 0 Å². The van der Waals surface area contributed by atoms with E-state index >= 15 is 0 Å². The van der Waals surface area contributed by atoms with E-state index in [4.69, 9.17) is 4.74 Å². The fourth-order valence-corrected chi connectivity index (χ4v) is 2.75. The Labute approximate surface area is 125 Å². The average Bonchev–Trinajstić information content (AvgIpc) is 2.45. The minimum Gasteiger partial charge on any atom is -0.376 e. The van der Waals surface area contributed by atoms with Crippen LogP contribution in [0.3, 0.4) is 0 Å². The molecule has 2 atom stereocenters. The summed E-state index contributed by atoms with van der Waals surface area (Å²) in [5.41, 5.74) is 0.534. The Morgan fingerprint density at radius 1 is 1.38 bits per heavy atom. The number of amides is 1. The predicted molar refractivity (Wildman–Crippen MR) is 81.5 cm³/mol. The number of pyridine rings is 1. The van der Waals surface area contributed by atoms with Gasteiger partial charge in [-0.3, -0.25) is 9.59 Å². The maximum absolute atomic E-state index is 11.9. The number of hydrogen-bond acceptors (Lipinski definition) is 3. The van der Waals surface area contributed by atoms with Gasteiger partial charge in [-0.05, 0) is 37.8 Å². The van der Waals surface area contributed by atoms with Crippen LogP contribution in [-0.4, -0.2) is 30.1 Å². The van der Waals surface area contributed by atoms with Gasteiger partial charge in [-0.25, -0.2) is 0 Å². The van der Waals surface area contributed by atoms with Gasteiger partial charge in [-0.2, -0.15) is 0 Å². The Morgan fingerprint density at radius 3 is 2.86 bits per heavy atom. The molecule has 0 bridgehead atoms. The summed E-state index contributed by atoms with van der Waals surface area (Å²) in [5.74, 6) is 0.242. The third-order valence-electron chi connectivity index (χ3n) is 4.05. The Kier molecular flexibility index (Phi) is 5.56. The van der Waals surface area contributed by atoms with E-state index in [1.165, 1.54) is 19.3 Å². The van der Waals surface area contributed by atoms with Crippen molar-refractivity contribution >= 4 is 5.91 Å². The van der Waals surface area contributed by atoms with Crippen molar-refractivity contribution in [3.8, 4) is 0 Å². The normalized spacial score (nSPS) is 22.0. The molecule has 2 N–H and O–H groups in total. The summed E-state index contributed by atoms with van der Waals surface area (Å²) in [5, 5.41) is 2.73. The highest BCUT2D eigenvalue weighted by atomic mass is 16.5. The maximum Gasteiger partial charge on any atom is 0.260 e. The fourth-order valence-electron chi connectivity index (χ4n) is 2.75. The zero-order valence-electron chi connectivity index (χ0n) is 12.8. The fraction of sp³-hybridized carbons (Fsp3) is 0.625. The van der Waals surface area contributed by atoms with Crippen molar-refractivity contribution in [3.63, 3.8) is 0 Å². The van der Waals surface area contributed by atoms with Crippen molar-refractivity contribution in [1.82, 2.24) is 10.3 Å². The second kappa shape index (κ2) is 7.41. The minimum absolute atomic E-state index is 0.145. The molecule has 1 aliphatic carbocycles. The number of aryl methyl sites for hydroxylation is 1. The van der Waals surface area contributed by atoms with Crippen molar-refractivity contribution < 1.29 is 9.53 Å². The molecule has 1 aromatic heterocycles. The van der Waals surface area contributed by atoms with Gasteiger partial charge in [0.15, 0.2) is 0 Å². The topological polar surface area (TPSA) is 71.2 Å². The first-order valence-corrected chi connectivity index (χ1v) is 7.67. The maximum atomic E-state index is 11.9. The Balaban J connectivity index is 1.75. The summed E-state index contributed by atoms with van der Waals surface area (Å²) in [6, 6.07) is 3.27. The van der Waals surface area contributed by atoms with E-state index in [9.17, 15) is 9.59 Å². The Hall–Kier alpha value is -1.62. The van der Waals surface area contributed by atoms with E-state index in [1.807, 2.05) is 0 Å². The zero-order chi connectivity index (χ0) is 15.2. The molecule has 2 rings (SSSR count). The third kappa shape index (κ3) is 4.43. The number of nitrogens with one attached hydrogen (secondary N) is 2. The van der Waals surface area contributed by atoms with E-state index in [2.05, 4.69) is 17.2 Å². The van der Waals surface area contributed by atoms with E-state index in [1.54, 1.807) is 19.1 Å². The van der Waals surface area contributed by atoms with Crippen molar-refractivity contribution in [2.45, 2.75) is 45.6 Å². The number of carbonyl (C=O) groups is 1. The van der Waals surface area contributed by atoms with Gasteiger partial charge in [-0.1, -0.05) is 19.8 Å². The molecule has 0 spiro atoms. The summed E-state index contributed by atoms with van der Waals surface area (Å²) >= 11 is 0. The smallest absolute Gasteiger partial charge is 0.260 e. The van der Waals surface area contributed by atoms with Crippen LogP contribution >= 0.6 is 0 Å². The lowest BCUT2D eigenvalue weighted by Crippen LogP contribution is -2.34. The second-order valence-corrected chi connectivity index (χ2v) is 5.81. The molecule has 5 heteroatoms. The lowest BCUT2D eigenvalue weighted by atomic mass is 9.88. The first kappa shape index (κ1) is 15.8. The van der Waals surface area contributed by atoms with Gasteiger partial charge in [-0.15, -0.1) is 0 Å². The van der Waals surface area contributed by atoms with E-state index < -0.39 is 0 Å². The first-order chi connectivity index (χ1) is 10.1. The van der Waals surface area contributed by atoms with Gasteiger partial charge in [0.05, 0.1) is 12.7 Å². The van der Waals surface area contributed by atoms with Crippen LogP contribution in [-0.2, 0) is 4.74 Å². The third-order valence-corrected chi connectivity index (χ3v) is 4.05. The minimum atomic E-state index is -0.352. The van der Waals surface area contributed by atoms with Crippen LogP contribution in [0, 0.1) is 12.8 Å². The summed E-state index contributed by atoms with van der Waals surface area (Å²) in [4.78, 5) is 26.2. The van der Waals surface area contributed by atoms with Crippen LogP contribution in [0.2, 0.25) is 0 Å². The highest BCUT2D eigenvalue weighted by Gasteiger charge is 2.21. The van der Waals surface area contributed by atoms with Crippen LogP contribution in [0.4, 0.5) is 0 Å². The van der Waals surface area contributed by atoms with Crippen LogP contribution < -0.4 is 10.9 Å². The lowest BCUT2D eigenvalue weighted by Gasteiger charge is -2.28. The number of aromatic amines is 1. The molecule has 1 amide bonds. The molecule has 1 aliphatic rings. The molecular formula is C16H24N2O3.